The number of hydrogen-bond acceptors (Lipinski definition) is 6. The number of phenols is 1. The van der Waals surface area contributed by atoms with Gasteiger partial charge in [0.1, 0.15) is 5.75 Å². The average Bonchev–Trinajstić information content (AvgIpc) is 2.95. The zero-order valence-corrected chi connectivity index (χ0v) is 23.3. The van der Waals surface area contributed by atoms with Gasteiger partial charge in [-0.3, -0.25) is 9.59 Å². The van der Waals surface area contributed by atoms with Gasteiger partial charge < -0.3 is 31.5 Å². The van der Waals surface area contributed by atoms with Gasteiger partial charge in [0.25, 0.3) is 0 Å². The Morgan fingerprint density at radius 1 is 0.829 bits per heavy atom. The normalized spacial score (nSPS) is 11.6. The van der Waals surface area contributed by atoms with Crippen molar-refractivity contribution in [2.75, 3.05) is 5.32 Å². The van der Waals surface area contributed by atoms with E-state index in [4.69, 9.17) is 49.4 Å². The first-order valence-corrected chi connectivity index (χ1v) is 13.1. The molecule has 0 saturated heterocycles. The van der Waals surface area contributed by atoms with Gasteiger partial charge in [-0.05, 0) is 59.5 Å². The number of phenolic OH excluding ortho intramolecular Hbond substituents is 1. The number of carbonyl (C=O) groups is 3. The summed E-state index contributed by atoms with van der Waals surface area (Å²) in [5, 5.41) is 39.4. The number of aromatic hydroxyl groups is 1. The van der Waals surface area contributed by atoms with Gasteiger partial charge in [-0.2, -0.15) is 0 Å². The summed E-state index contributed by atoms with van der Waals surface area (Å²) >= 11 is 11.0. The molecule has 1 unspecified atom stereocenters. The summed E-state index contributed by atoms with van der Waals surface area (Å²) in [5.74, 6) is -2.61. The number of aliphatic hydroxyl groups excluding tert-OH is 1. The molecule has 9 nitrogen and oxygen atoms in total. The maximum absolute atomic E-state index is 12.2. The third-order valence-electron chi connectivity index (χ3n) is 5.48. The smallest absolute Gasteiger partial charge is 0.332 e. The maximum atomic E-state index is 12.2. The largest absolute Gasteiger partial charge is 0.506 e. The highest BCUT2D eigenvalue weighted by atomic mass is 35.5. The van der Waals surface area contributed by atoms with E-state index in [9.17, 15) is 14.4 Å². The summed E-state index contributed by atoms with van der Waals surface area (Å²) in [6.45, 7) is 0. The molecule has 7 N–H and O–H groups in total. The Kier molecular flexibility index (Phi) is 13.6. The summed E-state index contributed by atoms with van der Waals surface area (Å²) in [4.78, 5) is 31.9. The minimum atomic E-state index is -1.56. The van der Waals surface area contributed by atoms with Crippen LogP contribution >= 0.6 is 23.2 Å². The van der Waals surface area contributed by atoms with Gasteiger partial charge in [0.2, 0.25) is 5.91 Å². The summed E-state index contributed by atoms with van der Waals surface area (Å²) in [5.41, 5.74) is 7.83. The number of benzene rings is 4. The van der Waals surface area contributed by atoms with Crippen molar-refractivity contribution in [2.24, 2.45) is 5.73 Å². The monoisotopic (exact) mass is 600 g/mol. The molecule has 0 spiro atoms. The van der Waals surface area contributed by atoms with Crippen molar-refractivity contribution in [2.45, 2.75) is 31.4 Å². The lowest BCUT2D eigenvalue weighted by atomic mass is 10.1. The van der Waals surface area contributed by atoms with Crippen LogP contribution in [0.5, 0.6) is 5.75 Å². The number of hydrogen-bond donors (Lipinski definition) is 6. The summed E-state index contributed by atoms with van der Waals surface area (Å²) in [6.07, 6.45) is -1.60. The fourth-order valence-electron chi connectivity index (χ4n) is 3.33. The molecule has 0 heterocycles. The Morgan fingerprint density at radius 2 is 1.46 bits per heavy atom. The molecule has 216 valence electrons. The van der Waals surface area contributed by atoms with E-state index in [0.717, 1.165) is 22.0 Å². The predicted molar refractivity (Wildman–Crippen MR) is 159 cm³/mol. The Hall–Kier alpha value is -4.15. The van der Waals surface area contributed by atoms with Crippen LogP contribution in [0.3, 0.4) is 0 Å². The molecule has 2 atom stereocenters. The summed E-state index contributed by atoms with van der Waals surface area (Å²) in [7, 11) is 0. The molecule has 0 fully saturated rings. The number of rotatable bonds is 8. The third-order valence-corrected chi connectivity index (χ3v) is 6.02. The average molecular weight is 601 g/mol. The molecule has 4 aromatic carbocycles. The zero-order valence-electron chi connectivity index (χ0n) is 21.8. The molecule has 0 aliphatic rings. The molecule has 0 saturated carbocycles. The van der Waals surface area contributed by atoms with E-state index >= 15 is 0 Å². The summed E-state index contributed by atoms with van der Waals surface area (Å²) < 4.78 is 0. The second-order valence-corrected chi connectivity index (χ2v) is 9.57. The Morgan fingerprint density at radius 3 is 2.05 bits per heavy atom. The lowest BCUT2D eigenvalue weighted by Gasteiger charge is -2.13. The number of carbonyl (C=O) groups excluding carboxylic acids is 1. The molecular formula is C30H30Cl2N2O7. The molecule has 1 amide bonds. The van der Waals surface area contributed by atoms with Crippen LogP contribution in [0.15, 0.2) is 91.0 Å². The van der Waals surface area contributed by atoms with Gasteiger partial charge in [-0.15, -0.1) is 0 Å². The van der Waals surface area contributed by atoms with E-state index < -0.39 is 24.1 Å². The highest BCUT2D eigenvalue weighted by Crippen LogP contribution is 2.25. The van der Waals surface area contributed by atoms with Gasteiger partial charge in [-0.25, -0.2) is 4.79 Å². The van der Waals surface area contributed by atoms with Crippen molar-refractivity contribution >= 4 is 57.5 Å². The molecule has 0 aromatic heterocycles. The highest BCUT2D eigenvalue weighted by molar-refractivity contribution is 6.35. The number of anilines is 1. The van der Waals surface area contributed by atoms with Crippen LogP contribution in [0.2, 0.25) is 10.0 Å². The number of fused-ring (bicyclic) bond motifs is 1. The number of amides is 1. The van der Waals surface area contributed by atoms with Crippen LogP contribution < -0.4 is 11.1 Å². The van der Waals surface area contributed by atoms with Crippen molar-refractivity contribution in [3.05, 3.63) is 107 Å². The Labute approximate surface area is 246 Å². The maximum Gasteiger partial charge on any atom is 0.332 e. The minimum Gasteiger partial charge on any atom is -0.506 e. The number of halogens is 2. The fraction of sp³-hybridized carbons (Fsp3) is 0.167. The molecule has 0 aliphatic carbocycles. The van der Waals surface area contributed by atoms with Crippen molar-refractivity contribution < 1.29 is 34.8 Å². The van der Waals surface area contributed by atoms with Crippen LogP contribution in [-0.2, 0) is 20.8 Å². The van der Waals surface area contributed by atoms with Gasteiger partial charge in [0, 0.05) is 17.1 Å². The van der Waals surface area contributed by atoms with Crippen LogP contribution in [0.1, 0.15) is 18.4 Å². The molecule has 41 heavy (non-hydrogen) atoms. The number of aliphatic hydroxyl groups is 1. The van der Waals surface area contributed by atoms with Gasteiger partial charge in [0.05, 0.1) is 11.1 Å². The highest BCUT2D eigenvalue weighted by Gasteiger charge is 2.15. The molecule has 4 aromatic rings. The SMILES string of the molecule is N[C@@H](Cc1ccccc1)C(=O)Nc1ccc2ccccc2c1.O=C(O)CCC(O)C(=O)O.Oc1ccc(Cl)cc1Cl. The van der Waals surface area contributed by atoms with Crippen molar-refractivity contribution in [1.82, 2.24) is 0 Å². The van der Waals surface area contributed by atoms with Gasteiger partial charge in [0.15, 0.2) is 6.10 Å². The van der Waals surface area contributed by atoms with E-state index in [1.54, 1.807) is 6.07 Å². The van der Waals surface area contributed by atoms with Crippen LogP contribution in [0.4, 0.5) is 5.69 Å². The van der Waals surface area contributed by atoms with E-state index in [2.05, 4.69) is 5.32 Å². The van der Waals surface area contributed by atoms with E-state index in [1.807, 2.05) is 72.8 Å². The van der Waals surface area contributed by atoms with Gasteiger partial charge in [-0.1, -0.05) is 83.9 Å². The van der Waals surface area contributed by atoms with E-state index in [-0.39, 0.29) is 29.5 Å². The number of nitrogens with one attached hydrogen (secondary N) is 1. The molecule has 4 rings (SSSR count). The second kappa shape index (κ2) is 16.8. The van der Waals surface area contributed by atoms with Crippen molar-refractivity contribution in [3.63, 3.8) is 0 Å². The fourth-order valence-corrected chi connectivity index (χ4v) is 3.74. The van der Waals surface area contributed by atoms with Gasteiger partial charge >= 0.3 is 11.9 Å². The molecule has 0 aliphatic heterocycles. The first-order valence-electron chi connectivity index (χ1n) is 12.3. The van der Waals surface area contributed by atoms with Crippen molar-refractivity contribution in [3.8, 4) is 5.75 Å². The minimum absolute atomic E-state index is 0.0565. The Balaban J connectivity index is 0.000000257. The quantitative estimate of drug-likeness (QED) is 0.157. The zero-order chi connectivity index (χ0) is 30.4. The second-order valence-electron chi connectivity index (χ2n) is 8.73. The first kappa shape index (κ1) is 33.1. The standard InChI is InChI=1S/C19H18N2O.C6H4Cl2O.C5H8O5/c20-18(12-14-6-2-1-3-7-14)19(22)21-17-11-10-15-8-4-5-9-16(15)13-17;7-4-1-2-6(9)5(8)3-4;6-3(5(9)10)1-2-4(7)8/h1-11,13,18H,12,20H2,(H,21,22);1-3,9H;3,6H,1-2H2,(H,7,8)(H,9,10)/t18-;;/m0../s1. The lowest BCUT2D eigenvalue weighted by molar-refractivity contribution is -0.147. The third kappa shape index (κ3) is 12.3. The lowest BCUT2D eigenvalue weighted by Crippen LogP contribution is -2.37. The van der Waals surface area contributed by atoms with Crippen molar-refractivity contribution in [1.29, 1.82) is 0 Å². The number of carboxylic acids is 2. The number of carboxylic acid groups (broad SMARTS) is 2. The molecule has 0 bridgehead atoms. The number of aliphatic carboxylic acids is 2. The molecule has 0 radical (unpaired) electrons. The molecular weight excluding hydrogens is 571 g/mol. The molecule has 11 heteroatoms. The predicted octanol–water partition coefficient (Wildman–Crippen LogP) is 5.34. The van der Waals surface area contributed by atoms with E-state index in [0.29, 0.717) is 11.4 Å². The van der Waals surface area contributed by atoms with Crippen LogP contribution in [0.25, 0.3) is 10.8 Å². The van der Waals surface area contributed by atoms with Crippen LogP contribution in [-0.4, -0.2) is 50.4 Å². The topological polar surface area (TPSA) is 170 Å². The Bertz CT molecular complexity index is 1450. The van der Waals surface area contributed by atoms with E-state index in [1.165, 1.54) is 12.1 Å². The summed E-state index contributed by atoms with van der Waals surface area (Å²) in [6, 6.07) is 27.6. The first-order chi connectivity index (χ1) is 19.5. The van der Waals surface area contributed by atoms with Crippen LogP contribution in [0, 0.1) is 0 Å². The number of nitrogens with two attached hydrogens (primary N) is 1.